The number of benzene rings is 1. The highest BCUT2D eigenvalue weighted by molar-refractivity contribution is 5.86. The quantitative estimate of drug-likeness (QED) is 0.380. The van der Waals surface area contributed by atoms with E-state index in [1.165, 1.54) is 0 Å². The number of methoxy groups -OCH3 is 2. The molecule has 4 rings (SSSR count). The summed E-state index contributed by atoms with van der Waals surface area (Å²) in [7, 11) is 3.26. The summed E-state index contributed by atoms with van der Waals surface area (Å²) >= 11 is 0. The summed E-state index contributed by atoms with van der Waals surface area (Å²) < 4.78 is 16.5. The van der Waals surface area contributed by atoms with Gasteiger partial charge in [0.05, 0.1) is 31.9 Å². The lowest BCUT2D eigenvalue weighted by Gasteiger charge is -2.21. The second kappa shape index (κ2) is 10.2. The lowest BCUT2D eigenvalue weighted by Crippen LogP contribution is -2.31. The Morgan fingerprint density at radius 3 is 2.82 bits per heavy atom. The summed E-state index contributed by atoms with van der Waals surface area (Å²) in [5, 5.41) is 16.3. The molecular formula is C24H31N5O4. The number of aliphatic hydroxyl groups is 1. The van der Waals surface area contributed by atoms with Crippen LogP contribution < -0.4 is 20.1 Å². The minimum atomic E-state index is -0.256. The fourth-order valence-electron chi connectivity index (χ4n) is 4.11. The smallest absolute Gasteiger partial charge is 0.225 e. The molecule has 3 aromatic rings. The Kier molecular flexibility index (Phi) is 7.10. The molecule has 0 radical (unpaired) electrons. The Morgan fingerprint density at radius 1 is 1.18 bits per heavy atom. The van der Waals surface area contributed by atoms with E-state index in [4.69, 9.17) is 19.2 Å². The summed E-state index contributed by atoms with van der Waals surface area (Å²) in [6, 6.07) is 9.47. The number of ether oxygens (including phenoxy) is 3. The first kappa shape index (κ1) is 23.0. The van der Waals surface area contributed by atoms with E-state index in [9.17, 15) is 5.11 Å². The lowest BCUT2D eigenvalue weighted by atomic mass is 10.1. The van der Waals surface area contributed by atoms with Gasteiger partial charge in [0.15, 0.2) is 5.82 Å². The van der Waals surface area contributed by atoms with Gasteiger partial charge >= 0.3 is 0 Å². The van der Waals surface area contributed by atoms with E-state index in [0.717, 1.165) is 35.4 Å². The number of hydrogen-bond acceptors (Lipinski definition) is 9. The maximum absolute atomic E-state index is 9.44. The van der Waals surface area contributed by atoms with Gasteiger partial charge in [-0.05, 0) is 49.9 Å². The maximum atomic E-state index is 9.44. The molecule has 0 saturated heterocycles. The van der Waals surface area contributed by atoms with E-state index >= 15 is 0 Å². The van der Waals surface area contributed by atoms with Crippen LogP contribution in [0.2, 0.25) is 0 Å². The third-order valence-electron chi connectivity index (χ3n) is 6.03. The highest BCUT2D eigenvalue weighted by Gasteiger charge is 2.54. The number of hydrogen-bond donors (Lipinski definition) is 3. The molecule has 2 heterocycles. The molecule has 2 atom stereocenters. The summed E-state index contributed by atoms with van der Waals surface area (Å²) in [6.45, 7) is 3.80. The third-order valence-corrected chi connectivity index (χ3v) is 6.03. The molecule has 0 amide bonds. The zero-order valence-electron chi connectivity index (χ0n) is 19.3. The maximum Gasteiger partial charge on any atom is 0.225 e. The van der Waals surface area contributed by atoms with Crippen LogP contribution in [0.4, 0.5) is 11.8 Å². The van der Waals surface area contributed by atoms with Crippen LogP contribution in [0.3, 0.4) is 0 Å². The number of aliphatic hydroxyl groups excluding tert-OH is 1. The highest BCUT2D eigenvalue weighted by Crippen LogP contribution is 2.48. The topological polar surface area (TPSA) is 111 Å². The van der Waals surface area contributed by atoms with E-state index in [0.29, 0.717) is 43.0 Å². The van der Waals surface area contributed by atoms with Crippen LogP contribution >= 0.6 is 0 Å². The molecule has 9 heteroatoms. The second-order valence-corrected chi connectivity index (χ2v) is 8.13. The number of anilines is 2. The SMILES string of the molecule is CCOC[C@@]1(Nc2nc(NCc3ccc(OC)cc3OC)nc3cccnc23)C[C@H]1CCO. The van der Waals surface area contributed by atoms with Crippen molar-refractivity contribution < 1.29 is 19.3 Å². The van der Waals surface area contributed by atoms with Gasteiger partial charge in [-0.2, -0.15) is 4.98 Å². The number of nitrogens with one attached hydrogen (secondary N) is 2. The molecule has 0 aliphatic heterocycles. The van der Waals surface area contributed by atoms with E-state index in [1.54, 1.807) is 20.4 Å². The predicted molar refractivity (Wildman–Crippen MR) is 127 cm³/mol. The van der Waals surface area contributed by atoms with Gasteiger partial charge < -0.3 is 30.0 Å². The minimum absolute atomic E-state index is 0.152. The molecule has 9 nitrogen and oxygen atoms in total. The van der Waals surface area contributed by atoms with Crippen LogP contribution in [0.5, 0.6) is 11.5 Å². The van der Waals surface area contributed by atoms with Crippen LogP contribution in [0.15, 0.2) is 36.5 Å². The largest absolute Gasteiger partial charge is 0.497 e. The van der Waals surface area contributed by atoms with Gasteiger partial charge in [0.2, 0.25) is 5.95 Å². The molecular weight excluding hydrogens is 422 g/mol. The molecule has 0 bridgehead atoms. The summed E-state index contributed by atoms with van der Waals surface area (Å²) in [5.74, 6) is 2.93. The average Bonchev–Trinajstić information content (AvgIpc) is 3.53. The molecule has 1 fully saturated rings. The van der Waals surface area contributed by atoms with Gasteiger partial charge in [0.1, 0.15) is 17.0 Å². The van der Waals surface area contributed by atoms with E-state index < -0.39 is 0 Å². The van der Waals surface area contributed by atoms with Crippen molar-refractivity contribution in [1.29, 1.82) is 0 Å². The van der Waals surface area contributed by atoms with Crippen LogP contribution in [0.1, 0.15) is 25.3 Å². The molecule has 0 unspecified atom stereocenters. The first-order chi connectivity index (χ1) is 16.1. The molecule has 1 aromatic carbocycles. The number of fused-ring (bicyclic) bond motifs is 1. The zero-order valence-corrected chi connectivity index (χ0v) is 19.3. The Hall–Kier alpha value is -3.17. The van der Waals surface area contributed by atoms with E-state index in [-0.39, 0.29) is 12.1 Å². The monoisotopic (exact) mass is 453 g/mol. The molecule has 1 saturated carbocycles. The van der Waals surface area contributed by atoms with Crippen molar-refractivity contribution in [1.82, 2.24) is 15.0 Å². The van der Waals surface area contributed by atoms with Crippen LogP contribution in [0, 0.1) is 5.92 Å². The van der Waals surface area contributed by atoms with Crippen molar-refractivity contribution in [3.05, 3.63) is 42.1 Å². The van der Waals surface area contributed by atoms with Crippen LogP contribution in [0.25, 0.3) is 11.0 Å². The highest BCUT2D eigenvalue weighted by atomic mass is 16.5. The molecule has 2 aromatic heterocycles. The van der Waals surface area contributed by atoms with Crippen molar-refractivity contribution in [2.75, 3.05) is 44.7 Å². The zero-order chi connectivity index (χ0) is 23.3. The first-order valence-corrected chi connectivity index (χ1v) is 11.2. The molecule has 33 heavy (non-hydrogen) atoms. The van der Waals surface area contributed by atoms with Gasteiger partial charge in [0, 0.05) is 37.6 Å². The van der Waals surface area contributed by atoms with Crippen molar-refractivity contribution in [2.24, 2.45) is 5.92 Å². The molecule has 3 N–H and O–H groups in total. The number of aromatic nitrogens is 3. The second-order valence-electron chi connectivity index (χ2n) is 8.13. The first-order valence-electron chi connectivity index (χ1n) is 11.2. The molecule has 176 valence electrons. The van der Waals surface area contributed by atoms with Gasteiger partial charge in [-0.3, -0.25) is 4.98 Å². The fraction of sp³-hybridized carbons (Fsp3) is 0.458. The summed E-state index contributed by atoms with van der Waals surface area (Å²) in [4.78, 5) is 13.9. The minimum Gasteiger partial charge on any atom is -0.497 e. The Balaban J connectivity index is 1.59. The Morgan fingerprint density at radius 2 is 2.06 bits per heavy atom. The standard InChI is InChI=1S/C24H31N5O4/c1-4-33-15-24(13-17(24)9-11-30)29-22-21-19(6-5-10-25-21)27-23(28-22)26-14-16-7-8-18(31-2)12-20(16)32-3/h5-8,10,12,17,30H,4,9,11,13-15H2,1-3H3,(H2,26,27,28,29)/t17-,24+/m1/s1. The normalized spacial score (nSPS) is 19.3. The Labute approximate surface area is 193 Å². The van der Waals surface area contributed by atoms with Crippen molar-refractivity contribution in [3.8, 4) is 11.5 Å². The third kappa shape index (κ3) is 5.09. The summed E-state index contributed by atoms with van der Waals surface area (Å²) in [6.07, 6.45) is 3.37. The molecule has 1 aliphatic carbocycles. The number of pyridine rings is 1. The fourth-order valence-corrected chi connectivity index (χ4v) is 4.11. The van der Waals surface area contributed by atoms with Gasteiger partial charge in [-0.25, -0.2) is 4.98 Å². The summed E-state index contributed by atoms with van der Waals surface area (Å²) in [5.41, 5.74) is 2.15. The number of nitrogens with zero attached hydrogens (tertiary/aromatic N) is 3. The van der Waals surface area contributed by atoms with Crippen LogP contribution in [-0.2, 0) is 11.3 Å². The molecule has 1 aliphatic rings. The Bertz CT molecular complexity index is 1100. The van der Waals surface area contributed by atoms with E-state index in [2.05, 4.69) is 20.6 Å². The average molecular weight is 454 g/mol. The van der Waals surface area contributed by atoms with Crippen molar-refractivity contribution in [2.45, 2.75) is 31.8 Å². The van der Waals surface area contributed by atoms with Gasteiger partial charge in [-0.1, -0.05) is 0 Å². The van der Waals surface area contributed by atoms with Gasteiger partial charge in [0.25, 0.3) is 0 Å². The van der Waals surface area contributed by atoms with E-state index in [1.807, 2.05) is 37.3 Å². The predicted octanol–water partition coefficient (Wildman–Crippen LogP) is 3.24. The lowest BCUT2D eigenvalue weighted by molar-refractivity contribution is 0.126. The van der Waals surface area contributed by atoms with Crippen molar-refractivity contribution >= 4 is 22.8 Å². The van der Waals surface area contributed by atoms with Crippen LogP contribution in [-0.4, -0.2) is 59.6 Å². The van der Waals surface area contributed by atoms with Crippen molar-refractivity contribution in [3.63, 3.8) is 0 Å². The van der Waals surface area contributed by atoms with Gasteiger partial charge in [-0.15, -0.1) is 0 Å². The molecule has 0 spiro atoms. The number of rotatable bonds is 12.